The van der Waals surface area contributed by atoms with Gasteiger partial charge in [-0.3, -0.25) is 13.9 Å². The average molecular weight is 619 g/mol. The van der Waals surface area contributed by atoms with Crippen molar-refractivity contribution >= 4 is 50.7 Å². The van der Waals surface area contributed by atoms with Gasteiger partial charge in [-0.15, -0.1) is 0 Å². The Bertz CT molecular complexity index is 1510. The first-order valence-corrected chi connectivity index (χ1v) is 15.8. The SMILES string of the molecule is Cc1cccc(N(CC(=O)N(Cc2ccc(Cl)c(Cl)c2)[C@@H](Cc2ccccc2)C(=O)NC(C)(C)C)S(C)(=O)=O)c1C. The van der Waals surface area contributed by atoms with Gasteiger partial charge in [-0.05, 0) is 75.1 Å². The van der Waals surface area contributed by atoms with Gasteiger partial charge in [0.05, 0.1) is 22.0 Å². The topological polar surface area (TPSA) is 86.8 Å². The van der Waals surface area contributed by atoms with Crippen LogP contribution in [0.15, 0.2) is 66.7 Å². The summed E-state index contributed by atoms with van der Waals surface area (Å²) in [5, 5.41) is 3.67. The minimum Gasteiger partial charge on any atom is -0.350 e. The first-order valence-electron chi connectivity index (χ1n) is 13.2. The van der Waals surface area contributed by atoms with Crippen LogP contribution in [0.1, 0.15) is 43.0 Å². The number of carbonyl (C=O) groups excluding carboxylic acids is 2. The monoisotopic (exact) mass is 617 g/mol. The number of nitrogens with zero attached hydrogens (tertiary/aromatic N) is 2. The van der Waals surface area contributed by atoms with Crippen molar-refractivity contribution in [3.05, 3.63) is 99.0 Å². The predicted octanol–water partition coefficient (Wildman–Crippen LogP) is 5.93. The minimum absolute atomic E-state index is 0.00911. The van der Waals surface area contributed by atoms with Gasteiger partial charge in [-0.1, -0.05) is 71.7 Å². The zero-order valence-corrected chi connectivity index (χ0v) is 26.6. The number of hydrogen-bond donors (Lipinski definition) is 1. The lowest BCUT2D eigenvalue weighted by atomic mass is 10.0. The van der Waals surface area contributed by atoms with Crippen molar-refractivity contribution in [3.63, 3.8) is 0 Å². The van der Waals surface area contributed by atoms with Crippen molar-refractivity contribution in [2.24, 2.45) is 0 Å². The Balaban J connectivity index is 2.12. The number of halogens is 2. The third kappa shape index (κ3) is 8.96. The van der Waals surface area contributed by atoms with E-state index in [2.05, 4.69) is 5.32 Å². The smallest absolute Gasteiger partial charge is 0.244 e. The molecule has 0 aliphatic carbocycles. The molecular weight excluding hydrogens is 581 g/mol. The molecule has 1 N–H and O–H groups in total. The van der Waals surface area contributed by atoms with Crippen LogP contribution < -0.4 is 9.62 Å². The van der Waals surface area contributed by atoms with E-state index in [1.54, 1.807) is 30.3 Å². The Labute approximate surface area is 253 Å². The Kier molecular flexibility index (Phi) is 10.5. The number of rotatable bonds is 10. The second-order valence-corrected chi connectivity index (χ2v) is 13.9. The summed E-state index contributed by atoms with van der Waals surface area (Å²) in [4.78, 5) is 29.4. The van der Waals surface area contributed by atoms with Gasteiger partial charge in [0.25, 0.3) is 0 Å². The summed E-state index contributed by atoms with van der Waals surface area (Å²) in [6, 6.07) is 18.7. The fourth-order valence-corrected chi connectivity index (χ4v) is 5.66. The van der Waals surface area contributed by atoms with Crippen LogP contribution in [0, 0.1) is 13.8 Å². The van der Waals surface area contributed by atoms with Gasteiger partial charge in [0.1, 0.15) is 12.6 Å². The number of hydrogen-bond acceptors (Lipinski definition) is 4. The maximum atomic E-state index is 14.2. The second kappa shape index (κ2) is 13.3. The molecule has 3 aromatic carbocycles. The fraction of sp³-hybridized carbons (Fsp3) is 0.355. The maximum Gasteiger partial charge on any atom is 0.244 e. The summed E-state index contributed by atoms with van der Waals surface area (Å²) in [6.45, 7) is 8.80. The lowest BCUT2D eigenvalue weighted by Gasteiger charge is -2.35. The average Bonchev–Trinajstić information content (AvgIpc) is 2.87. The zero-order valence-electron chi connectivity index (χ0n) is 24.2. The van der Waals surface area contributed by atoms with E-state index < -0.39 is 34.1 Å². The Hall–Kier alpha value is -3.07. The van der Waals surface area contributed by atoms with Crippen molar-refractivity contribution in [2.45, 2.75) is 59.2 Å². The molecule has 0 saturated heterocycles. The Morgan fingerprint density at radius 2 is 1.56 bits per heavy atom. The molecule has 3 rings (SSSR count). The highest BCUT2D eigenvalue weighted by atomic mass is 35.5. The molecule has 0 aliphatic heterocycles. The largest absolute Gasteiger partial charge is 0.350 e. The number of benzene rings is 3. The third-order valence-corrected chi connectivity index (χ3v) is 8.50. The summed E-state index contributed by atoms with van der Waals surface area (Å²) in [5.41, 5.74) is 2.97. The van der Waals surface area contributed by atoms with Crippen molar-refractivity contribution in [1.29, 1.82) is 0 Å². The number of anilines is 1. The Morgan fingerprint density at radius 3 is 2.15 bits per heavy atom. The molecule has 0 aliphatic rings. The van der Waals surface area contributed by atoms with Crippen LogP contribution in [-0.2, 0) is 32.6 Å². The highest BCUT2D eigenvalue weighted by Gasteiger charge is 2.34. The van der Waals surface area contributed by atoms with E-state index >= 15 is 0 Å². The number of amides is 2. The van der Waals surface area contributed by atoms with Gasteiger partial charge in [0.15, 0.2) is 0 Å². The van der Waals surface area contributed by atoms with Crippen LogP contribution in [-0.4, -0.2) is 49.5 Å². The highest BCUT2D eigenvalue weighted by molar-refractivity contribution is 7.92. The van der Waals surface area contributed by atoms with E-state index in [0.29, 0.717) is 21.3 Å². The van der Waals surface area contributed by atoms with E-state index in [-0.39, 0.29) is 18.9 Å². The fourth-order valence-electron chi connectivity index (χ4n) is 4.44. The molecule has 0 heterocycles. The zero-order chi connectivity index (χ0) is 30.5. The predicted molar refractivity (Wildman–Crippen MR) is 167 cm³/mol. The molecule has 41 heavy (non-hydrogen) atoms. The van der Waals surface area contributed by atoms with Crippen LogP contribution >= 0.6 is 23.2 Å². The molecule has 0 spiro atoms. The third-order valence-electron chi connectivity index (χ3n) is 6.63. The summed E-state index contributed by atoms with van der Waals surface area (Å²) in [5.74, 6) is -0.889. The number of nitrogens with one attached hydrogen (secondary N) is 1. The second-order valence-electron chi connectivity index (χ2n) is 11.2. The molecule has 220 valence electrons. The summed E-state index contributed by atoms with van der Waals surface area (Å²) in [6.07, 6.45) is 1.29. The molecule has 0 unspecified atom stereocenters. The minimum atomic E-state index is -3.86. The van der Waals surface area contributed by atoms with Gasteiger partial charge >= 0.3 is 0 Å². The first kappa shape index (κ1) is 32.4. The maximum absolute atomic E-state index is 14.2. The van der Waals surface area contributed by atoms with Crippen LogP contribution in [0.2, 0.25) is 10.0 Å². The lowest BCUT2D eigenvalue weighted by Crippen LogP contribution is -2.56. The van der Waals surface area contributed by atoms with E-state index in [9.17, 15) is 18.0 Å². The number of carbonyl (C=O) groups is 2. The normalized spacial score (nSPS) is 12.5. The summed E-state index contributed by atoms with van der Waals surface area (Å²) >= 11 is 12.4. The molecule has 0 fully saturated rings. The van der Waals surface area contributed by atoms with E-state index in [4.69, 9.17) is 23.2 Å². The van der Waals surface area contributed by atoms with Crippen LogP contribution in [0.25, 0.3) is 0 Å². The molecule has 1 atom stereocenters. The number of aryl methyl sites for hydroxylation is 1. The van der Waals surface area contributed by atoms with Gasteiger partial charge in [0.2, 0.25) is 21.8 Å². The molecule has 3 aromatic rings. The molecule has 2 amide bonds. The molecule has 0 aromatic heterocycles. The highest BCUT2D eigenvalue weighted by Crippen LogP contribution is 2.27. The van der Waals surface area contributed by atoms with Crippen molar-refractivity contribution in [1.82, 2.24) is 10.2 Å². The first-order chi connectivity index (χ1) is 19.1. The van der Waals surface area contributed by atoms with E-state index in [1.165, 1.54) is 4.90 Å². The molecular formula is C31H37Cl2N3O4S. The van der Waals surface area contributed by atoms with Crippen LogP contribution in [0.5, 0.6) is 0 Å². The standard InChI is InChI=1S/C31H37Cl2N3O4S/c1-21-11-10-14-27(22(21)2)36(41(6,39)40)20-29(37)35(19-24-15-16-25(32)26(33)17-24)28(30(38)34-31(3,4)5)18-23-12-8-7-9-13-23/h7-17,28H,18-20H2,1-6H3,(H,34,38)/t28-/m0/s1. The van der Waals surface area contributed by atoms with E-state index in [0.717, 1.165) is 27.3 Å². The van der Waals surface area contributed by atoms with Crippen LogP contribution in [0.4, 0.5) is 5.69 Å². The van der Waals surface area contributed by atoms with Gasteiger partial charge in [0, 0.05) is 18.5 Å². The summed E-state index contributed by atoms with van der Waals surface area (Å²) in [7, 11) is -3.86. The van der Waals surface area contributed by atoms with Crippen LogP contribution in [0.3, 0.4) is 0 Å². The summed E-state index contributed by atoms with van der Waals surface area (Å²) < 4.78 is 27.1. The van der Waals surface area contributed by atoms with Crippen molar-refractivity contribution < 1.29 is 18.0 Å². The van der Waals surface area contributed by atoms with E-state index in [1.807, 2.05) is 71.0 Å². The molecule has 10 heteroatoms. The van der Waals surface area contributed by atoms with Crippen molar-refractivity contribution in [3.8, 4) is 0 Å². The van der Waals surface area contributed by atoms with Gasteiger partial charge < -0.3 is 10.2 Å². The lowest BCUT2D eigenvalue weighted by molar-refractivity contribution is -0.140. The van der Waals surface area contributed by atoms with Gasteiger partial charge in [-0.25, -0.2) is 8.42 Å². The molecule has 0 saturated carbocycles. The molecule has 0 radical (unpaired) electrons. The number of sulfonamides is 1. The quantitative estimate of drug-likeness (QED) is 0.305. The van der Waals surface area contributed by atoms with Gasteiger partial charge in [-0.2, -0.15) is 0 Å². The molecule has 7 nitrogen and oxygen atoms in total. The molecule has 0 bridgehead atoms. The van der Waals surface area contributed by atoms with Crippen molar-refractivity contribution in [2.75, 3.05) is 17.1 Å². The Morgan fingerprint density at radius 1 is 0.902 bits per heavy atom.